The van der Waals surface area contributed by atoms with E-state index in [0.29, 0.717) is 23.0 Å². The molecule has 5 heteroatoms. The molecular weight excluding hydrogens is 757 g/mol. The summed E-state index contributed by atoms with van der Waals surface area (Å²) < 4.78 is 6.78. The fourth-order valence-electron chi connectivity index (χ4n) is 9.59. The first kappa shape index (κ1) is 35.5. The van der Waals surface area contributed by atoms with E-state index in [1.54, 1.807) is 0 Å². The smallest absolute Gasteiger partial charge is 0.164 e. The van der Waals surface area contributed by atoms with Gasteiger partial charge in [0, 0.05) is 27.8 Å². The lowest BCUT2D eigenvalue weighted by molar-refractivity contribution is 0.436. The zero-order valence-corrected chi connectivity index (χ0v) is 33.3. The van der Waals surface area contributed by atoms with E-state index in [1.165, 1.54) is 33.0 Å². The Bertz CT molecular complexity index is 3440. The van der Waals surface area contributed by atoms with E-state index in [4.69, 9.17) is 19.7 Å². The molecule has 0 bridgehead atoms. The van der Waals surface area contributed by atoms with Gasteiger partial charge in [-0.2, -0.15) is 5.26 Å². The summed E-state index contributed by atoms with van der Waals surface area (Å²) in [5, 5.41) is 11.9. The van der Waals surface area contributed by atoms with E-state index in [1.807, 2.05) is 60.7 Å². The lowest BCUT2D eigenvalue weighted by Gasteiger charge is -2.39. The molecule has 1 aliphatic heterocycles. The van der Waals surface area contributed by atoms with Crippen LogP contribution in [0.2, 0.25) is 0 Å². The summed E-state index contributed by atoms with van der Waals surface area (Å²) >= 11 is 0. The van der Waals surface area contributed by atoms with Crippen LogP contribution < -0.4 is 4.74 Å². The normalized spacial score (nSPS) is 14.3. The fourth-order valence-corrected chi connectivity index (χ4v) is 9.59. The van der Waals surface area contributed by atoms with Gasteiger partial charge in [0.1, 0.15) is 11.5 Å². The van der Waals surface area contributed by atoms with Gasteiger partial charge in [0.05, 0.1) is 17.0 Å². The van der Waals surface area contributed by atoms with Crippen LogP contribution >= 0.6 is 0 Å². The first-order chi connectivity index (χ1) is 30.7. The Morgan fingerprint density at radius 1 is 0.371 bits per heavy atom. The fraction of sp³-hybridized carbons (Fsp3) is 0.0175. The van der Waals surface area contributed by atoms with Crippen molar-refractivity contribution in [2.45, 2.75) is 5.41 Å². The average Bonchev–Trinajstić information content (AvgIpc) is 3.64. The van der Waals surface area contributed by atoms with E-state index in [-0.39, 0.29) is 0 Å². The highest BCUT2D eigenvalue weighted by Gasteiger charge is 2.51. The third-order valence-corrected chi connectivity index (χ3v) is 12.5. The van der Waals surface area contributed by atoms with Crippen molar-refractivity contribution in [3.63, 3.8) is 0 Å². The van der Waals surface area contributed by atoms with Gasteiger partial charge in [-0.1, -0.05) is 164 Å². The molecule has 9 aromatic carbocycles. The van der Waals surface area contributed by atoms with Crippen molar-refractivity contribution < 1.29 is 4.74 Å². The van der Waals surface area contributed by atoms with Crippen molar-refractivity contribution >= 4 is 10.8 Å². The molecule has 288 valence electrons. The van der Waals surface area contributed by atoms with Crippen molar-refractivity contribution in [3.05, 3.63) is 234 Å². The van der Waals surface area contributed by atoms with E-state index in [0.717, 1.165) is 61.6 Å². The van der Waals surface area contributed by atoms with Gasteiger partial charge >= 0.3 is 0 Å². The Morgan fingerprint density at radius 3 is 1.74 bits per heavy atom. The van der Waals surface area contributed by atoms with Gasteiger partial charge < -0.3 is 4.74 Å². The van der Waals surface area contributed by atoms with E-state index in [9.17, 15) is 5.26 Å². The molecule has 0 N–H and O–H groups in total. The predicted octanol–water partition coefficient (Wildman–Crippen LogP) is 13.7. The number of benzene rings is 9. The molecule has 0 fully saturated rings. The van der Waals surface area contributed by atoms with Crippen LogP contribution in [0.1, 0.15) is 27.8 Å². The van der Waals surface area contributed by atoms with Gasteiger partial charge in [-0.3, -0.25) is 0 Å². The first-order valence-corrected chi connectivity index (χ1v) is 20.7. The van der Waals surface area contributed by atoms with Crippen LogP contribution in [-0.2, 0) is 5.41 Å². The number of ether oxygens (including phenoxy) is 1. The van der Waals surface area contributed by atoms with Crippen LogP contribution in [-0.4, -0.2) is 15.0 Å². The number of hydrogen-bond donors (Lipinski definition) is 0. The largest absolute Gasteiger partial charge is 0.457 e. The maximum absolute atomic E-state index is 9.46. The molecule has 1 aromatic heterocycles. The minimum atomic E-state index is -0.690. The molecule has 62 heavy (non-hydrogen) atoms. The topological polar surface area (TPSA) is 71.7 Å². The number of fused-ring (bicyclic) bond motifs is 10. The highest BCUT2D eigenvalue weighted by Crippen LogP contribution is 2.62. The van der Waals surface area contributed by atoms with Gasteiger partial charge in [0.15, 0.2) is 17.5 Å². The number of rotatable bonds is 5. The van der Waals surface area contributed by atoms with Crippen LogP contribution in [0.25, 0.3) is 78.3 Å². The molecule has 5 nitrogen and oxygen atoms in total. The number of nitrogens with zero attached hydrogens (tertiary/aromatic N) is 4. The molecular formula is C57H34N4O. The van der Waals surface area contributed by atoms with Crippen molar-refractivity contribution in [3.8, 4) is 85.1 Å². The molecule has 10 aromatic rings. The van der Waals surface area contributed by atoms with Crippen LogP contribution in [0.15, 0.2) is 206 Å². The van der Waals surface area contributed by atoms with Crippen molar-refractivity contribution in [1.82, 2.24) is 15.0 Å². The maximum atomic E-state index is 9.46. The SMILES string of the molecule is N#Cc1ccc(-c2ccc3c(c2)-c2ccccc2C32c3ccccc3Oc3ccc(-c4nc(-c5ccccc5)nc(-c5ccc(-c6cccc7ccccc67)cc5)n4)cc32)cc1. The maximum Gasteiger partial charge on any atom is 0.164 e. The summed E-state index contributed by atoms with van der Waals surface area (Å²) in [6, 6.07) is 73.8. The van der Waals surface area contributed by atoms with Crippen molar-refractivity contribution in [2.24, 2.45) is 0 Å². The Morgan fingerprint density at radius 2 is 0.935 bits per heavy atom. The number of aromatic nitrogens is 3. The zero-order valence-electron chi connectivity index (χ0n) is 33.3. The highest BCUT2D eigenvalue weighted by molar-refractivity contribution is 5.97. The van der Waals surface area contributed by atoms with Crippen LogP contribution in [0, 0.1) is 11.3 Å². The Balaban J connectivity index is 1.03. The second-order valence-corrected chi connectivity index (χ2v) is 15.8. The molecule has 0 amide bonds. The summed E-state index contributed by atoms with van der Waals surface area (Å²) in [4.78, 5) is 15.5. The third-order valence-electron chi connectivity index (χ3n) is 12.5. The summed E-state index contributed by atoms with van der Waals surface area (Å²) in [5.74, 6) is 3.38. The van der Waals surface area contributed by atoms with Gasteiger partial charge in [0.2, 0.25) is 0 Å². The average molecular weight is 791 g/mol. The second-order valence-electron chi connectivity index (χ2n) is 15.8. The number of para-hydroxylation sites is 1. The monoisotopic (exact) mass is 790 g/mol. The molecule has 12 rings (SSSR count). The lowest BCUT2D eigenvalue weighted by Crippen LogP contribution is -2.32. The van der Waals surface area contributed by atoms with E-state index >= 15 is 0 Å². The Hall–Kier alpha value is -8.46. The van der Waals surface area contributed by atoms with Gasteiger partial charge in [-0.15, -0.1) is 0 Å². The number of hydrogen-bond acceptors (Lipinski definition) is 5. The molecule has 0 saturated carbocycles. The van der Waals surface area contributed by atoms with Crippen molar-refractivity contribution in [2.75, 3.05) is 0 Å². The standard InChI is InChI=1S/C57H34N4O/c58-35-36-21-23-37(24-22-36)42-29-31-49-47(33-42)46-16-6-7-18-48(46)57(49)50-19-8-9-20-52(50)62-53-32-30-43(34-51(53)57)56-60-54(40-12-2-1-3-13-40)59-55(61-56)41-27-25-39(26-28-41)45-17-10-14-38-11-4-5-15-44(38)45/h1-34H. The van der Waals surface area contributed by atoms with Gasteiger partial charge in [-0.05, 0) is 97.7 Å². The van der Waals surface area contributed by atoms with Crippen LogP contribution in [0.4, 0.5) is 0 Å². The molecule has 2 aliphatic rings. The molecule has 0 radical (unpaired) electrons. The van der Waals surface area contributed by atoms with Crippen molar-refractivity contribution in [1.29, 1.82) is 5.26 Å². The molecule has 1 spiro atoms. The third kappa shape index (κ3) is 5.51. The van der Waals surface area contributed by atoms with Gasteiger partial charge in [0.25, 0.3) is 0 Å². The number of nitriles is 1. The summed E-state index contributed by atoms with van der Waals surface area (Å²) in [6.45, 7) is 0. The summed E-state index contributed by atoms with van der Waals surface area (Å²) in [7, 11) is 0. The summed E-state index contributed by atoms with van der Waals surface area (Å²) in [5.41, 5.74) is 13.9. The molecule has 1 aliphatic carbocycles. The second kappa shape index (κ2) is 14.1. The lowest BCUT2D eigenvalue weighted by atomic mass is 9.66. The van der Waals surface area contributed by atoms with E-state index < -0.39 is 5.41 Å². The quantitative estimate of drug-likeness (QED) is 0.174. The Labute approximate surface area is 358 Å². The minimum Gasteiger partial charge on any atom is -0.457 e. The van der Waals surface area contributed by atoms with Crippen LogP contribution in [0.3, 0.4) is 0 Å². The first-order valence-electron chi connectivity index (χ1n) is 20.7. The van der Waals surface area contributed by atoms with Gasteiger partial charge in [-0.25, -0.2) is 15.0 Å². The zero-order chi connectivity index (χ0) is 41.2. The van der Waals surface area contributed by atoms with E-state index in [2.05, 4.69) is 152 Å². The highest BCUT2D eigenvalue weighted by atomic mass is 16.5. The van der Waals surface area contributed by atoms with Crippen LogP contribution in [0.5, 0.6) is 11.5 Å². The minimum absolute atomic E-state index is 0.575. The Kier molecular flexibility index (Phi) is 8.06. The summed E-state index contributed by atoms with van der Waals surface area (Å²) in [6.07, 6.45) is 0. The molecule has 1 unspecified atom stereocenters. The molecule has 1 atom stereocenters. The predicted molar refractivity (Wildman–Crippen MR) is 247 cm³/mol. The molecule has 2 heterocycles. The molecule has 0 saturated heterocycles.